The molecule has 0 saturated carbocycles. The van der Waals surface area contributed by atoms with Crippen LogP contribution in [-0.4, -0.2) is 24.3 Å². The molecule has 0 aromatic heterocycles. The zero-order chi connectivity index (χ0) is 13.0. The molecular weight excluding hydrogens is 231 g/mol. The van der Waals surface area contributed by atoms with Gasteiger partial charge in [0.15, 0.2) is 11.5 Å². The van der Waals surface area contributed by atoms with E-state index in [1.165, 1.54) is 0 Å². The van der Waals surface area contributed by atoms with Crippen molar-refractivity contribution in [3.63, 3.8) is 0 Å². The molecule has 0 aliphatic rings. The molecule has 2 rings (SSSR count). The third-order valence-electron chi connectivity index (χ3n) is 2.48. The molecule has 0 saturated heterocycles. The highest BCUT2D eigenvalue weighted by molar-refractivity contribution is 6.58. The summed E-state index contributed by atoms with van der Waals surface area (Å²) >= 11 is 0. The third-order valence-corrected chi connectivity index (χ3v) is 2.48. The Morgan fingerprint density at radius 3 is 2.06 bits per heavy atom. The van der Waals surface area contributed by atoms with Crippen LogP contribution in [-0.2, 0) is 0 Å². The van der Waals surface area contributed by atoms with Crippen LogP contribution in [0.2, 0.25) is 0 Å². The second-order valence-electron chi connectivity index (χ2n) is 3.70. The van der Waals surface area contributed by atoms with E-state index >= 15 is 0 Å². The van der Waals surface area contributed by atoms with Gasteiger partial charge in [0.2, 0.25) is 0 Å². The van der Waals surface area contributed by atoms with Gasteiger partial charge in [-0.2, -0.15) is 0 Å². The number of rotatable bonds is 4. The molecule has 0 aliphatic carbocycles. The van der Waals surface area contributed by atoms with E-state index in [9.17, 15) is 0 Å². The third kappa shape index (κ3) is 2.82. The van der Waals surface area contributed by atoms with Crippen LogP contribution in [0.1, 0.15) is 0 Å². The van der Waals surface area contributed by atoms with Crippen LogP contribution in [0.15, 0.2) is 48.5 Å². The maximum absolute atomic E-state index is 8.98. The van der Waals surface area contributed by atoms with Crippen molar-refractivity contribution in [3.8, 4) is 17.2 Å². The molecule has 4 nitrogen and oxygen atoms in total. The first-order valence-electron chi connectivity index (χ1n) is 5.47. The lowest BCUT2D eigenvalue weighted by molar-refractivity contribution is 0.379. The first-order valence-corrected chi connectivity index (χ1v) is 5.47. The second-order valence-corrected chi connectivity index (χ2v) is 3.70. The zero-order valence-corrected chi connectivity index (χ0v) is 9.91. The topological polar surface area (TPSA) is 58.9 Å². The monoisotopic (exact) mass is 244 g/mol. The molecule has 0 spiro atoms. The number of para-hydroxylation sites is 2. The van der Waals surface area contributed by atoms with Gasteiger partial charge in [0.1, 0.15) is 5.75 Å². The standard InChI is InChI=1S/C13H13BO4/c1-17-12-4-2-3-5-13(12)18-11-8-6-10(7-9-11)14(15)16/h2-9,15-16H,1H3. The Morgan fingerprint density at radius 2 is 1.50 bits per heavy atom. The van der Waals surface area contributed by atoms with Gasteiger partial charge in [-0.15, -0.1) is 0 Å². The van der Waals surface area contributed by atoms with Gasteiger partial charge in [0.25, 0.3) is 0 Å². The summed E-state index contributed by atoms with van der Waals surface area (Å²) in [5, 5.41) is 18.0. The molecular formula is C13H13BO4. The van der Waals surface area contributed by atoms with E-state index < -0.39 is 7.12 Å². The molecule has 0 fully saturated rings. The highest BCUT2D eigenvalue weighted by atomic mass is 16.5. The number of benzene rings is 2. The van der Waals surface area contributed by atoms with Crippen LogP contribution in [0.25, 0.3) is 0 Å². The van der Waals surface area contributed by atoms with Gasteiger partial charge in [0.05, 0.1) is 7.11 Å². The van der Waals surface area contributed by atoms with Crippen molar-refractivity contribution in [1.82, 2.24) is 0 Å². The number of ether oxygens (including phenoxy) is 2. The fraction of sp³-hybridized carbons (Fsp3) is 0.0769. The predicted octanol–water partition coefficient (Wildman–Crippen LogP) is 1.17. The van der Waals surface area contributed by atoms with E-state index in [-0.39, 0.29) is 0 Å². The fourth-order valence-corrected chi connectivity index (χ4v) is 1.54. The first-order chi connectivity index (χ1) is 8.70. The van der Waals surface area contributed by atoms with E-state index in [1.807, 2.05) is 12.1 Å². The number of hydrogen-bond acceptors (Lipinski definition) is 4. The lowest BCUT2D eigenvalue weighted by Crippen LogP contribution is -2.29. The van der Waals surface area contributed by atoms with Gasteiger partial charge < -0.3 is 19.5 Å². The van der Waals surface area contributed by atoms with Crippen molar-refractivity contribution in [3.05, 3.63) is 48.5 Å². The van der Waals surface area contributed by atoms with Crippen LogP contribution in [0, 0.1) is 0 Å². The maximum Gasteiger partial charge on any atom is 0.488 e. The first kappa shape index (κ1) is 12.5. The van der Waals surface area contributed by atoms with E-state index in [1.54, 1.807) is 43.5 Å². The minimum absolute atomic E-state index is 0.419. The Hall–Kier alpha value is -1.98. The highest BCUT2D eigenvalue weighted by Crippen LogP contribution is 2.30. The minimum atomic E-state index is -1.47. The molecule has 2 aromatic carbocycles. The molecule has 2 aromatic rings. The molecule has 0 bridgehead atoms. The summed E-state index contributed by atoms with van der Waals surface area (Å²) in [4.78, 5) is 0. The molecule has 0 radical (unpaired) electrons. The van der Waals surface area contributed by atoms with E-state index in [2.05, 4.69) is 0 Å². The highest BCUT2D eigenvalue weighted by Gasteiger charge is 2.10. The van der Waals surface area contributed by atoms with Crippen molar-refractivity contribution in [1.29, 1.82) is 0 Å². The van der Waals surface area contributed by atoms with E-state index in [4.69, 9.17) is 19.5 Å². The molecule has 5 heteroatoms. The van der Waals surface area contributed by atoms with Crippen LogP contribution in [0.4, 0.5) is 0 Å². The smallest absolute Gasteiger partial charge is 0.488 e. The Labute approximate surface area is 106 Å². The van der Waals surface area contributed by atoms with Crippen molar-refractivity contribution in [2.24, 2.45) is 0 Å². The Bertz CT molecular complexity index is 511. The van der Waals surface area contributed by atoms with Crippen LogP contribution < -0.4 is 14.9 Å². The van der Waals surface area contributed by atoms with Crippen LogP contribution in [0.5, 0.6) is 17.2 Å². The van der Waals surface area contributed by atoms with Crippen molar-refractivity contribution in [2.75, 3.05) is 7.11 Å². The summed E-state index contributed by atoms with van der Waals surface area (Å²) in [5.41, 5.74) is 0.419. The molecule has 0 aliphatic heterocycles. The van der Waals surface area contributed by atoms with Crippen LogP contribution >= 0.6 is 0 Å². The van der Waals surface area contributed by atoms with Gasteiger partial charge >= 0.3 is 7.12 Å². The van der Waals surface area contributed by atoms with E-state index in [0.717, 1.165) is 0 Å². The predicted molar refractivity (Wildman–Crippen MR) is 69.3 cm³/mol. The van der Waals surface area contributed by atoms with Crippen molar-refractivity contribution < 1.29 is 19.5 Å². The maximum atomic E-state index is 8.98. The summed E-state index contributed by atoms with van der Waals surface area (Å²) in [6.45, 7) is 0. The molecule has 0 heterocycles. The van der Waals surface area contributed by atoms with Crippen molar-refractivity contribution >= 4 is 12.6 Å². The minimum Gasteiger partial charge on any atom is -0.493 e. The zero-order valence-electron chi connectivity index (χ0n) is 9.91. The summed E-state index contributed by atoms with van der Waals surface area (Å²) in [5.74, 6) is 1.85. The Morgan fingerprint density at radius 1 is 0.889 bits per heavy atom. The van der Waals surface area contributed by atoms with Crippen molar-refractivity contribution in [2.45, 2.75) is 0 Å². The van der Waals surface area contributed by atoms with Gasteiger partial charge in [-0.1, -0.05) is 24.3 Å². The lowest BCUT2D eigenvalue weighted by Gasteiger charge is -2.10. The van der Waals surface area contributed by atoms with Gasteiger partial charge in [-0.25, -0.2) is 0 Å². The Balaban J connectivity index is 2.18. The van der Waals surface area contributed by atoms with Gasteiger partial charge in [-0.3, -0.25) is 0 Å². The SMILES string of the molecule is COc1ccccc1Oc1ccc(B(O)O)cc1. The average Bonchev–Trinajstić information content (AvgIpc) is 2.40. The van der Waals surface area contributed by atoms with E-state index in [0.29, 0.717) is 22.7 Å². The second kappa shape index (κ2) is 5.57. The largest absolute Gasteiger partial charge is 0.493 e. The number of hydrogen-bond donors (Lipinski definition) is 2. The summed E-state index contributed by atoms with van der Waals surface area (Å²) in [6, 6.07) is 13.8. The molecule has 0 atom stereocenters. The average molecular weight is 244 g/mol. The fourth-order valence-electron chi connectivity index (χ4n) is 1.54. The van der Waals surface area contributed by atoms with Crippen LogP contribution in [0.3, 0.4) is 0 Å². The van der Waals surface area contributed by atoms with Gasteiger partial charge in [0, 0.05) is 0 Å². The molecule has 18 heavy (non-hydrogen) atoms. The summed E-state index contributed by atoms with van der Waals surface area (Å²) < 4.78 is 10.8. The number of methoxy groups -OCH3 is 1. The molecule has 0 unspecified atom stereocenters. The summed E-state index contributed by atoms with van der Waals surface area (Å²) in [7, 11) is 0.109. The quantitative estimate of drug-likeness (QED) is 0.792. The molecule has 0 amide bonds. The normalized spacial score (nSPS) is 9.94. The Kier molecular flexibility index (Phi) is 3.87. The molecule has 92 valence electrons. The van der Waals surface area contributed by atoms with Gasteiger partial charge in [-0.05, 0) is 29.7 Å². The summed E-state index contributed by atoms with van der Waals surface area (Å²) in [6.07, 6.45) is 0. The lowest BCUT2D eigenvalue weighted by atomic mass is 9.80. The molecule has 2 N–H and O–H groups in total.